The predicted octanol–water partition coefficient (Wildman–Crippen LogP) is 3.57. The zero-order chi connectivity index (χ0) is 21.3. The van der Waals surface area contributed by atoms with E-state index in [0.29, 0.717) is 29.8 Å². The van der Waals surface area contributed by atoms with Crippen LogP contribution >= 0.6 is 0 Å². The number of rotatable bonds is 6. The van der Waals surface area contributed by atoms with Crippen molar-refractivity contribution in [2.24, 2.45) is 0 Å². The summed E-state index contributed by atoms with van der Waals surface area (Å²) in [6.07, 6.45) is -4.96. The lowest BCUT2D eigenvalue weighted by molar-refractivity contribution is -0.153. The zero-order valence-electron chi connectivity index (χ0n) is 14.1. The molecule has 0 fully saturated rings. The van der Waals surface area contributed by atoms with Crippen LogP contribution in [0, 0.1) is 6.92 Å². The summed E-state index contributed by atoms with van der Waals surface area (Å²) in [6, 6.07) is 4.90. The minimum atomic E-state index is -4.96. The number of nitrogens with one attached hydrogen (secondary N) is 1. The number of benzene rings is 2. The molecular formula is C16H14F5NO4S2. The summed E-state index contributed by atoms with van der Waals surface area (Å²) >= 11 is 0. The van der Waals surface area contributed by atoms with Gasteiger partial charge in [0.15, 0.2) is 0 Å². The highest BCUT2D eigenvalue weighted by Crippen LogP contribution is 2.34. The van der Waals surface area contributed by atoms with Crippen LogP contribution in [0.3, 0.4) is 0 Å². The fourth-order valence-corrected chi connectivity index (χ4v) is 4.15. The number of hydrogen-bond donors (Lipinski definition) is 1. The highest BCUT2D eigenvalue weighted by Gasteiger charge is 2.43. The molecule has 0 aliphatic heterocycles. The first-order chi connectivity index (χ1) is 12.7. The van der Waals surface area contributed by atoms with E-state index in [1.165, 1.54) is 16.9 Å². The fraction of sp³-hybridized carbons (Fsp3) is 0.250. The summed E-state index contributed by atoms with van der Waals surface area (Å²) in [5.41, 5.74) is 0.321. The van der Waals surface area contributed by atoms with Gasteiger partial charge in [0.1, 0.15) is 6.04 Å². The normalized spacial score (nSPS) is 14.2. The molecule has 2 aromatic carbocycles. The van der Waals surface area contributed by atoms with Crippen LogP contribution in [0.2, 0.25) is 0 Å². The molecule has 0 amide bonds. The average molecular weight is 443 g/mol. The third kappa shape index (κ3) is 4.86. The molecule has 0 aliphatic rings. The number of aryl methyl sites for hydroxylation is 1. The molecule has 0 bridgehead atoms. The third-order valence-electron chi connectivity index (χ3n) is 3.71. The smallest absolute Gasteiger partial charge is 0.218 e. The van der Waals surface area contributed by atoms with Crippen LogP contribution in [0.15, 0.2) is 58.3 Å². The minimum absolute atomic E-state index is 0.349. The Kier molecular flexibility index (Phi) is 6.16. The Bertz CT molecular complexity index is 1030. The average Bonchev–Trinajstić information content (AvgIpc) is 2.60. The molecule has 2 aromatic rings. The fourth-order valence-electron chi connectivity index (χ4n) is 2.22. The van der Waals surface area contributed by atoms with Gasteiger partial charge in [0.25, 0.3) is 0 Å². The Morgan fingerprint density at radius 2 is 1.29 bits per heavy atom. The molecule has 1 atom stereocenters. The van der Waals surface area contributed by atoms with Gasteiger partial charge in [-0.05, 0) is 36.8 Å². The van der Waals surface area contributed by atoms with Gasteiger partial charge in [-0.1, -0.05) is 29.8 Å². The van der Waals surface area contributed by atoms with Gasteiger partial charge in [-0.2, -0.15) is 26.7 Å². The predicted molar refractivity (Wildman–Crippen MR) is 89.9 cm³/mol. The van der Waals surface area contributed by atoms with E-state index in [2.05, 4.69) is 0 Å². The standard InChI is InChI=1S/C16H14F5NO4S2/c1-10-2-4-11(5-3-10)14(16(19,20)21)22-28(25,26)13-8-6-12(7-9-13)27(23,24)15(17)18/h2-9,14-15,22H,1H3/t14-/m1/s1. The van der Waals surface area contributed by atoms with Crippen molar-refractivity contribution < 1.29 is 38.8 Å². The maximum Gasteiger partial charge on any atom is 0.408 e. The largest absolute Gasteiger partial charge is 0.408 e. The highest BCUT2D eigenvalue weighted by molar-refractivity contribution is 7.91. The van der Waals surface area contributed by atoms with Gasteiger partial charge < -0.3 is 0 Å². The van der Waals surface area contributed by atoms with Crippen molar-refractivity contribution in [3.8, 4) is 0 Å². The molecule has 5 nitrogen and oxygen atoms in total. The summed E-state index contributed by atoms with van der Waals surface area (Å²) in [6.45, 7) is 1.64. The molecule has 0 aromatic heterocycles. The first kappa shape index (κ1) is 22.2. The van der Waals surface area contributed by atoms with E-state index in [1.807, 2.05) is 0 Å². The summed E-state index contributed by atoms with van der Waals surface area (Å²) in [7, 11) is -9.70. The molecule has 0 unspecified atom stereocenters. The van der Waals surface area contributed by atoms with E-state index in [0.717, 1.165) is 12.1 Å². The van der Waals surface area contributed by atoms with Crippen molar-refractivity contribution in [3.63, 3.8) is 0 Å². The van der Waals surface area contributed by atoms with Crippen LogP contribution in [0.1, 0.15) is 17.2 Å². The van der Waals surface area contributed by atoms with Gasteiger partial charge in [-0.25, -0.2) is 16.8 Å². The van der Waals surface area contributed by atoms with Crippen LogP contribution in [0.4, 0.5) is 22.0 Å². The number of hydrogen-bond acceptors (Lipinski definition) is 4. The Hall–Kier alpha value is -2.05. The second kappa shape index (κ2) is 7.76. The molecule has 2 rings (SSSR count). The van der Waals surface area contributed by atoms with Crippen molar-refractivity contribution >= 4 is 19.9 Å². The van der Waals surface area contributed by atoms with E-state index in [4.69, 9.17) is 0 Å². The van der Waals surface area contributed by atoms with Crippen LogP contribution in [-0.4, -0.2) is 28.8 Å². The van der Waals surface area contributed by atoms with Gasteiger partial charge in [0.2, 0.25) is 19.9 Å². The van der Waals surface area contributed by atoms with Crippen LogP contribution in [0.25, 0.3) is 0 Å². The molecular weight excluding hydrogens is 429 g/mol. The first-order valence-electron chi connectivity index (χ1n) is 7.53. The van der Waals surface area contributed by atoms with E-state index in [9.17, 15) is 38.8 Å². The van der Waals surface area contributed by atoms with E-state index < -0.39 is 47.6 Å². The Morgan fingerprint density at radius 3 is 1.71 bits per heavy atom. The quantitative estimate of drug-likeness (QED) is 0.693. The topological polar surface area (TPSA) is 80.3 Å². The number of sulfone groups is 1. The molecule has 0 aliphatic carbocycles. The second-order valence-corrected chi connectivity index (χ2v) is 9.42. The molecule has 1 N–H and O–H groups in total. The molecule has 0 heterocycles. The molecule has 28 heavy (non-hydrogen) atoms. The Morgan fingerprint density at radius 1 is 0.821 bits per heavy atom. The molecule has 0 saturated carbocycles. The summed E-state index contributed by atoms with van der Waals surface area (Å²) in [5, 5.41) is 0. The maximum absolute atomic E-state index is 13.4. The van der Waals surface area contributed by atoms with Gasteiger partial charge >= 0.3 is 11.9 Å². The Labute approximate surface area is 158 Å². The SMILES string of the molecule is Cc1ccc([C@@H](NS(=O)(=O)c2ccc(S(=O)(=O)C(F)F)cc2)C(F)(F)F)cc1. The Balaban J connectivity index is 2.38. The van der Waals surface area contributed by atoms with Crippen molar-refractivity contribution in [1.82, 2.24) is 4.72 Å². The van der Waals surface area contributed by atoms with Gasteiger partial charge in [0.05, 0.1) is 9.79 Å². The summed E-state index contributed by atoms with van der Waals surface area (Å²) in [4.78, 5) is -1.56. The molecule has 154 valence electrons. The van der Waals surface area contributed by atoms with Crippen molar-refractivity contribution in [2.75, 3.05) is 0 Å². The molecule has 0 spiro atoms. The van der Waals surface area contributed by atoms with Gasteiger partial charge in [-0.3, -0.25) is 0 Å². The monoisotopic (exact) mass is 443 g/mol. The maximum atomic E-state index is 13.4. The second-order valence-electron chi connectivity index (χ2n) is 5.78. The lowest BCUT2D eigenvalue weighted by atomic mass is 10.1. The lowest BCUT2D eigenvalue weighted by Gasteiger charge is -2.22. The van der Waals surface area contributed by atoms with Gasteiger partial charge in [0, 0.05) is 0 Å². The van der Waals surface area contributed by atoms with Crippen molar-refractivity contribution in [3.05, 3.63) is 59.7 Å². The van der Waals surface area contributed by atoms with Crippen LogP contribution < -0.4 is 4.72 Å². The van der Waals surface area contributed by atoms with E-state index in [1.54, 1.807) is 6.92 Å². The number of alkyl halides is 5. The molecule has 12 heteroatoms. The lowest BCUT2D eigenvalue weighted by Crippen LogP contribution is -2.38. The highest BCUT2D eigenvalue weighted by atomic mass is 32.2. The van der Waals surface area contributed by atoms with E-state index >= 15 is 0 Å². The minimum Gasteiger partial charge on any atom is -0.218 e. The summed E-state index contributed by atoms with van der Waals surface area (Å²) in [5.74, 6) is -3.72. The zero-order valence-corrected chi connectivity index (χ0v) is 15.7. The van der Waals surface area contributed by atoms with Crippen LogP contribution in [0.5, 0.6) is 0 Å². The first-order valence-corrected chi connectivity index (χ1v) is 10.6. The van der Waals surface area contributed by atoms with Gasteiger partial charge in [-0.15, -0.1) is 0 Å². The number of sulfonamides is 1. The third-order valence-corrected chi connectivity index (χ3v) is 6.55. The molecule has 0 radical (unpaired) electrons. The molecule has 0 saturated heterocycles. The number of halogens is 5. The van der Waals surface area contributed by atoms with Crippen LogP contribution in [-0.2, 0) is 19.9 Å². The van der Waals surface area contributed by atoms with Crippen molar-refractivity contribution in [2.45, 2.75) is 34.7 Å². The van der Waals surface area contributed by atoms with Crippen molar-refractivity contribution in [1.29, 1.82) is 0 Å². The van der Waals surface area contributed by atoms with E-state index in [-0.39, 0.29) is 5.56 Å². The summed E-state index contributed by atoms with van der Waals surface area (Å²) < 4.78 is 114.